The minimum absolute atomic E-state index is 0.0151. The average Bonchev–Trinajstić information content (AvgIpc) is 3.14. The van der Waals surface area contributed by atoms with Crippen LogP contribution in [0.5, 0.6) is 5.75 Å². The number of sulfonamides is 1. The highest BCUT2D eigenvalue weighted by Crippen LogP contribution is 2.58. The number of allylic oxidation sites excluding steroid dienone is 1. The molecule has 0 fully saturated rings. The highest BCUT2D eigenvalue weighted by atomic mass is 35.5. The largest absolute Gasteiger partial charge is 0.451 e. The van der Waals surface area contributed by atoms with Gasteiger partial charge in [-0.2, -0.15) is 13.7 Å². The summed E-state index contributed by atoms with van der Waals surface area (Å²) in [6.07, 6.45) is 0. The molecule has 0 unspecified atom stereocenters. The Morgan fingerprint density at radius 2 is 1.55 bits per heavy atom. The van der Waals surface area contributed by atoms with Gasteiger partial charge in [0.1, 0.15) is 5.75 Å². The maximum Gasteiger partial charge on any atom is 0.284 e. The number of hydrogen-bond acceptors (Lipinski definition) is 5. The molecule has 4 aromatic carbocycles. The first-order chi connectivity index (χ1) is 19.1. The molecule has 0 saturated heterocycles. The minimum Gasteiger partial charge on any atom is -0.451 e. The minimum atomic E-state index is -4.20. The number of nitriles is 1. The van der Waals surface area contributed by atoms with Crippen LogP contribution in [0.2, 0.25) is 5.02 Å². The van der Waals surface area contributed by atoms with Gasteiger partial charge in [0.25, 0.3) is 10.0 Å². The van der Waals surface area contributed by atoms with Crippen molar-refractivity contribution < 1.29 is 12.9 Å². The maximum absolute atomic E-state index is 13.9. The summed E-state index contributed by atoms with van der Waals surface area (Å²) in [5, 5.41) is 10.3. The molecule has 1 aliphatic rings. The summed E-state index contributed by atoms with van der Waals surface area (Å²) in [4.78, 5) is 2.08. The van der Waals surface area contributed by atoms with Crippen molar-refractivity contribution in [2.45, 2.75) is 24.2 Å². The number of anilines is 1. The van der Waals surface area contributed by atoms with Gasteiger partial charge in [0.15, 0.2) is 0 Å². The Labute approximate surface area is 240 Å². The zero-order valence-electron chi connectivity index (χ0n) is 22.2. The Balaban J connectivity index is 1.83. The van der Waals surface area contributed by atoms with Crippen LogP contribution in [0.25, 0.3) is 0 Å². The first-order valence-corrected chi connectivity index (χ1v) is 16.1. The summed E-state index contributed by atoms with van der Waals surface area (Å²) in [5.41, 5.74) is 3.03. The smallest absolute Gasteiger partial charge is 0.284 e. The van der Waals surface area contributed by atoms with Crippen LogP contribution in [-0.2, 0) is 15.4 Å². The van der Waals surface area contributed by atoms with Crippen LogP contribution in [-0.4, -0.2) is 15.5 Å². The molecular weight excluding hydrogens is 561 g/mol. The number of para-hydroxylation sites is 1. The normalized spacial score (nSPS) is 16.6. The van der Waals surface area contributed by atoms with Crippen molar-refractivity contribution in [2.24, 2.45) is 4.15 Å². The maximum atomic E-state index is 13.9. The lowest BCUT2D eigenvalue weighted by molar-refractivity contribution is 0.593. The number of benzene rings is 4. The fourth-order valence-electron chi connectivity index (χ4n) is 4.84. The van der Waals surface area contributed by atoms with Crippen molar-refractivity contribution in [2.75, 3.05) is 11.9 Å². The third-order valence-corrected chi connectivity index (χ3v) is 12.0. The molecular formula is C31H27ClN3O3PS. The van der Waals surface area contributed by atoms with E-state index >= 15 is 0 Å². The van der Waals surface area contributed by atoms with Crippen molar-refractivity contribution >= 4 is 39.9 Å². The molecule has 0 aromatic heterocycles. The summed E-state index contributed by atoms with van der Waals surface area (Å²) < 4.78 is 39.1. The summed E-state index contributed by atoms with van der Waals surface area (Å²) >= 11 is 6.05. The van der Waals surface area contributed by atoms with E-state index in [1.165, 1.54) is 24.3 Å². The van der Waals surface area contributed by atoms with Gasteiger partial charge in [-0.15, -0.1) is 4.15 Å². The van der Waals surface area contributed by atoms with Crippen molar-refractivity contribution in [3.8, 4) is 11.8 Å². The van der Waals surface area contributed by atoms with Gasteiger partial charge in [0.05, 0.1) is 16.5 Å². The molecule has 0 saturated carbocycles. The number of likely N-dealkylation sites (N-methyl/N-ethyl adjacent to an activating group) is 1. The van der Waals surface area contributed by atoms with E-state index in [4.69, 9.17) is 16.1 Å². The van der Waals surface area contributed by atoms with Crippen LogP contribution in [0.4, 0.5) is 5.69 Å². The fourth-order valence-corrected chi connectivity index (χ4v) is 9.98. The zero-order chi connectivity index (χ0) is 28.5. The molecule has 6 nitrogen and oxygen atoms in total. The predicted octanol–water partition coefficient (Wildman–Crippen LogP) is 7.69. The van der Waals surface area contributed by atoms with Gasteiger partial charge in [-0.1, -0.05) is 61.8 Å². The average molecular weight is 588 g/mol. The molecule has 202 valence electrons. The Kier molecular flexibility index (Phi) is 7.37. The van der Waals surface area contributed by atoms with Crippen molar-refractivity contribution in [1.29, 1.82) is 5.26 Å². The van der Waals surface area contributed by atoms with E-state index in [0.717, 1.165) is 16.9 Å². The summed E-state index contributed by atoms with van der Waals surface area (Å²) in [7, 11) is -5.71. The molecule has 0 bridgehead atoms. The Bertz CT molecular complexity index is 1800. The third-order valence-electron chi connectivity index (χ3n) is 6.93. The standard InChI is InChI=1S/C31H27ClN3O3PS/c1-31(2)28-11-7-8-12-29(28)35(3)30(31)22-39(26-9-5-4-6-10-26,38-25-17-13-23(21-33)14-18-25)34-40(36,37)27-19-15-24(32)16-20-27/h4-20,22H,1-3H3/b30-22+/t39-/m1/s1. The quantitative estimate of drug-likeness (QED) is 0.216. The van der Waals surface area contributed by atoms with Gasteiger partial charge in [-0.25, -0.2) is 0 Å². The van der Waals surface area contributed by atoms with Crippen molar-refractivity contribution in [1.82, 2.24) is 0 Å². The molecule has 0 spiro atoms. The van der Waals surface area contributed by atoms with E-state index in [0.29, 0.717) is 21.6 Å². The molecule has 1 aliphatic heterocycles. The lowest BCUT2D eigenvalue weighted by atomic mass is 9.84. The van der Waals surface area contributed by atoms with Gasteiger partial charge in [0, 0.05) is 40.0 Å². The lowest BCUT2D eigenvalue weighted by Crippen LogP contribution is -2.24. The van der Waals surface area contributed by atoms with Crippen LogP contribution in [0.15, 0.2) is 124 Å². The number of fused-ring (bicyclic) bond motifs is 1. The predicted molar refractivity (Wildman–Crippen MR) is 162 cm³/mol. The summed E-state index contributed by atoms with van der Waals surface area (Å²) in [6.45, 7) is 4.21. The third kappa shape index (κ3) is 5.19. The molecule has 0 aliphatic carbocycles. The highest BCUT2D eigenvalue weighted by molar-refractivity contribution is 7.95. The van der Waals surface area contributed by atoms with Crippen LogP contribution in [0.1, 0.15) is 25.0 Å². The van der Waals surface area contributed by atoms with E-state index in [-0.39, 0.29) is 4.90 Å². The van der Waals surface area contributed by atoms with E-state index in [9.17, 15) is 13.7 Å². The fraction of sp³-hybridized carbons (Fsp3) is 0.129. The molecule has 1 atom stereocenters. The molecule has 0 amide bonds. The van der Waals surface area contributed by atoms with Gasteiger partial charge >= 0.3 is 0 Å². The Morgan fingerprint density at radius 1 is 0.925 bits per heavy atom. The lowest BCUT2D eigenvalue weighted by Gasteiger charge is -2.29. The number of rotatable bonds is 6. The summed E-state index contributed by atoms with van der Waals surface area (Å²) in [6, 6.07) is 32.0. The van der Waals surface area contributed by atoms with Crippen LogP contribution in [0, 0.1) is 11.3 Å². The highest BCUT2D eigenvalue weighted by Gasteiger charge is 2.41. The van der Waals surface area contributed by atoms with Crippen molar-refractivity contribution in [3.05, 3.63) is 131 Å². The second-order valence-corrected chi connectivity index (χ2v) is 14.6. The molecule has 0 radical (unpaired) electrons. The molecule has 5 rings (SSSR count). The first kappa shape index (κ1) is 27.7. The summed E-state index contributed by atoms with van der Waals surface area (Å²) in [5.74, 6) is 2.30. The molecule has 9 heteroatoms. The van der Waals surface area contributed by atoms with Gasteiger partial charge < -0.3 is 9.42 Å². The Morgan fingerprint density at radius 3 is 2.17 bits per heavy atom. The Hall–Kier alpha value is -3.82. The van der Waals surface area contributed by atoms with E-state index < -0.39 is 22.7 Å². The van der Waals surface area contributed by atoms with Crippen LogP contribution < -0.4 is 14.7 Å². The van der Waals surface area contributed by atoms with Gasteiger partial charge in [-0.05, 0) is 72.3 Å². The molecule has 40 heavy (non-hydrogen) atoms. The van der Waals surface area contributed by atoms with Gasteiger partial charge in [-0.3, -0.25) is 0 Å². The topological polar surface area (TPSA) is 82.8 Å². The van der Waals surface area contributed by atoms with Gasteiger partial charge in [0.2, 0.25) is 7.28 Å². The van der Waals surface area contributed by atoms with E-state index in [1.54, 1.807) is 24.3 Å². The van der Waals surface area contributed by atoms with E-state index in [1.807, 2.05) is 61.4 Å². The monoisotopic (exact) mass is 587 g/mol. The molecule has 0 N–H and O–H groups in total. The second-order valence-electron chi connectivity index (χ2n) is 9.91. The van der Waals surface area contributed by atoms with Crippen molar-refractivity contribution in [3.63, 3.8) is 0 Å². The number of hydrogen-bond donors (Lipinski definition) is 0. The van der Waals surface area contributed by atoms with Crippen LogP contribution in [0.3, 0.4) is 0 Å². The first-order valence-electron chi connectivity index (χ1n) is 12.5. The second kappa shape index (κ2) is 10.6. The number of halogens is 1. The SMILES string of the molecule is CN1/C(=C/[P@@](=NS(=O)(=O)c2ccc(Cl)cc2)(Oc2ccc(C#N)cc2)c2ccccc2)C(C)(C)c2ccccc21. The van der Waals surface area contributed by atoms with E-state index in [2.05, 4.69) is 35.0 Å². The van der Waals surface area contributed by atoms with Crippen LogP contribution >= 0.6 is 18.9 Å². The molecule has 1 heterocycles. The number of nitrogens with zero attached hydrogens (tertiary/aromatic N) is 3. The zero-order valence-corrected chi connectivity index (χ0v) is 24.7. The molecule has 4 aromatic rings.